The minimum absolute atomic E-state index is 0.0219. The van der Waals surface area contributed by atoms with Crippen molar-refractivity contribution < 1.29 is 13.5 Å². The van der Waals surface area contributed by atoms with Gasteiger partial charge in [0.2, 0.25) is 5.90 Å². The summed E-state index contributed by atoms with van der Waals surface area (Å²) in [5, 5.41) is 11.1. The maximum Gasteiger partial charge on any atom is 0.226 e. The lowest BCUT2D eigenvalue weighted by Gasteiger charge is -2.23. The van der Waals surface area contributed by atoms with E-state index in [4.69, 9.17) is 15.9 Å². The van der Waals surface area contributed by atoms with E-state index in [1.54, 1.807) is 0 Å². The minimum Gasteiger partial charge on any atom is -0.438 e. The molecule has 0 fully saturated rings. The number of hydrogen-bond acceptors (Lipinski definition) is 6. The Morgan fingerprint density at radius 3 is 2.35 bits per heavy atom. The molecular formula is C15H17F2N5O. The van der Waals surface area contributed by atoms with E-state index in [1.165, 1.54) is 6.33 Å². The van der Waals surface area contributed by atoms with E-state index in [9.17, 15) is 8.78 Å². The topological polar surface area (TPSA) is 96.9 Å². The van der Waals surface area contributed by atoms with Crippen molar-refractivity contribution in [1.29, 1.82) is 5.41 Å². The molecule has 0 saturated heterocycles. The van der Waals surface area contributed by atoms with Gasteiger partial charge >= 0.3 is 0 Å². The Bertz CT molecular complexity index is 723. The van der Waals surface area contributed by atoms with Crippen LogP contribution in [-0.2, 0) is 0 Å². The Labute approximate surface area is 132 Å². The molecule has 23 heavy (non-hydrogen) atoms. The number of anilines is 2. The predicted octanol–water partition coefficient (Wildman–Crippen LogP) is 2.95. The Morgan fingerprint density at radius 2 is 1.78 bits per heavy atom. The van der Waals surface area contributed by atoms with Crippen LogP contribution in [0, 0.1) is 17.0 Å². The third kappa shape index (κ3) is 4.35. The predicted molar refractivity (Wildman–Crippen MR) is 83.6 cm³/mol. The molecule has 0 atom stereocenters. The fourth-order valence-corrected chi connectivity index (χ4v) is 1.83. The molecule has 8 heteroatoms. The van der Waals surface area contributed by atoms with E-state index in [-0.39, 0.29) is 22.7 Å². The van der Waals surface area contributed by atoms with Gasteiger partial charge in [-0.1, -0.05) is 0 Å². The number of rotatable bonds is 3. The van der Waals surface area contributed by atoms with Gasteiger partial charge in [0.25, 0.3) is 0 Å². The number of benzene rings is 1. The second kappa shape index (κ2) is 6.15. The van der Waals surface area contributed by atoms with Crippen LogP contribution in [0.15, 0.2) is 24.5 Å². The summed E-state index contributed by atoms with van der Waals surface area (Å²) in [4.78, 5) is 7.88. The molecule has 0 spiro atoms. The quantitative estimate of drug-likeness (QED) is 0.596. The number of aromatic nitrogens is 2. The highest BCUT2D eigenvalue weighted by atomic mass is 19.1. The van der Waals surface area contributed by atoms with Crippen LogP contribution in [0.1, 0.15) is 26.3 Å². The van der Waals surface area contributed by atoms with E-state index in [2.05, 4.69) is 15.3 Å². The summed E-state index contributed by atoms with van der Waals surface area (Å²) in [7, 11) is 0. The molecule has 0 aliphatic carbocycles. The lowest BCUT2D eigenvalue weighted by Crippen LogP contribution is -2.29. The van der Waals surface area contributed by atoms with Crippen molar-refractivity contribution >= 4 is 17.5 Å². The molecular weight excluding hydrogens is 304 g/mol. The first-order valence-electron chi connectivity index (χ1n) is 6.77. The number of nitrogens with two attached hydrogens (primary N) is 1. The van der Waals surface area contributed by atoms with E-state index in [1.807, 2.05) is 20.8 Å². The van der Waals surface area contributed by atoms with Crippen LogP contribution in [0.4, 0.5) is 20.4 Å². The number of halogens is 2. The fourth-order valence-electron chi connectivity index (χ4n) is 1.83. The van der Waals surface area contributed by atoms with Crippen molar-refractivity contribution in [3.05, 3.63) is 41.7 Å². The van der Waals surface area contributed by atoms with Crippen molar-refractivity contribution in [2.24, 2.45) is 0 Å². The molecule has 0 radical (unpaired) electrons. The van der Waals surface area contributed by atoms with Gasteiger partial charge in [0.05, 0.1) is 0 Å². The molecule has 4 N–H and O–H groups in total. The monoisotopic (exact) mass is 321 g/mol. The second-order valence-electron chi connectivity index (χ2n) is 5.89. The minimum atomic E-state index is -0.807. The van der Waals surface area contributed by atoms with E-state index in [0.29, 0.717) is 11.9 Å². The third-order valence-corrected chi connectivity index (χ3v) is 2.65. The molecule has 2 rings (SSSR count). The Hall–Kier alpha value is -2.77. The van der Waals surface area contributed by atoms with Crippen LogP contribution in [0.25, 0.3) is 0 Å². The smallest absolute Gasteiger partial charge is 0.226 e. The molecule has 122 valence electrons. The number of nitrogens with one attached hydrogen (secondary N) is 2. The first-order chi connectivity index (χ1) is 10.7. The van der Waals surface area contributed by atoms with Crippen molar-refractivity contribution in [1.82, 2.24) is 9.97 Å². The number of nitrogen functional groups attached to an aromatic ring is 1. The number of ether oxygens (including phenoxy) is 1. The molecule has 0 aliphatic rings. The molecule has 0 bridgehead atoms. The Balaban J connectivity index is 2.35. The van der Waals surface area contributed by atoms with Crippen LogP contribution in [-0.4, -0.2) is 21.4 Å². The first-order valence-corrected chi connectivity index (χ1v) is 6.77. The van der Waals surface area contributed by atoms with Gasteiger partial charge < -0.3 is 15.8 Å². The molecule has 0 aliphatic heterocycles. The molecule has 1 aromatic heterocycles. The van der Waals surface area contributed by atoms with Crippen LogP contribution in [0.2, 0.25) is 0 Å². The summed E-state index contributed by atoms with van der Waals surface area (Å²) >= 11 is 0. The van der Waals surface area contributed by atoms with Crippen LogP contribution < -0.4 is 15.8 Å². The van der Waals surface area contributed by atoms with Crippen molar-refractivity contribution in [2.45, 2.75) is 26.3 Å². The highest BCUT2D eigenvalue weighted by Gasteiger charge is 2.20. The van der Waals surface area contributed by atoms with Gasteiger partial charge in [-0.3, -0.25) is 5.41 Å². The van der Waals surface area contributed by atoms with Crippen molar-refractivity contribution in [3.63, 3.8) is 0 Å². The van der Waals surface area contributed by atoms with Crippen LogP contribution in [0.3, 0.4) is 0 Å². The Kier molecular flexibility index (Phi) is 4.44. The van der Waals surface area contributed by atoms with E-state index < -0.39 is 17.5 Å². The average molecular weight is 321 g/mol. The van der Waals surface area contributed by atoms with E-state index in [0.717, 1.165) is 12.1 Å². The average Bonchev–Trinajstić information content (AvgIpc) is 2.35. The highest BCUT2D eigenvalue weighted by molar-refractivity contribution is 6.02. The van der Waals surface area contributed by atoms with Gasteiger partial charge in [-0.25, -0.2) is 18.7 Å². The summed E-state index contributed by atoms with van der Waals surface area (Å²) in [6, 6.07) is 2.64. The summed E-state index contributed by atoms with van der Waals surface area (Å²) in [5.41, 5.74) is 5.57. The van der Waals surface area contributed by atoms with Crippen LogP contribution in [0.5, 0.6) is 5.75 Å². The van der Waals surface area contributed by atoms with Crippen molar-refractivity contribution in [3.8, 4) is 5.75 Å². The summed E-state index contributed by atoms with van der Waals surface area (Å²) in [5.74, 6) is -1.87. The molecule has 0 amide bonds. The van der Waals surface area contributed by atoms with E-state index >= 15 is 0 Å². The summed E-state index contributed by atoms with van der Waals surface area (Å²) in [6.45, 7) is 5.71. The third-order valence-electron chi connectivity index (χ3n) is 2.65. The maximum absolute atomic E-state index is 13.2. The number of hydrogen-bond donors (Lipinski definition) is 3. The summed E-state index contributed by atoms with van der Waals surface area (Å²) in [6.07, 6.45) is 1.25. The standard InChI is InChI=1S/C15H17F2N5O/c1-15(2,3)22-14-11(12(18)20-7-21-14)13(19)23-10-5-8(16)4-9(17)6-10/h4-7,19H,1-3H3,(H3,18,20,21,22). The molecule has 2 aromatic rings. The summed E-state index contributed by atoms with van der Waals surface area (Å²) < 4.78 is 31.6. The Morgan fingerprint density at radius 1 is 1.17 bits per heavy atom. The highest BCUT2D eigenvalue weighted by Crippen LogP contribution is 2.24. The fraction of sp³-hybridized carbons (Fsp3) is 0.267. The normalized spacial score (nSPS) is 11.2. The van der Waals surface area contributed by atoms with Gasteiger partial charge in [-0.2, -0.15) is 0 Å². The van der Waals surface area contributed by atoms with Crippen LogP contribution >= 0.6 is 0 Å². The SMILES string of the molecule is CC(C)(C)Nc1ncnc(N)c1C(=N)Oc1cc(F)cc(F)c1. The van der Waals surface area contributed by atoms with Gasteiger partial charge in [0.15, 0.2) is 0 Å². The second-order valence-corrected chi connectivity index (χ2v) is 5.89. The molecule has 1 aromatic carbocycles. The molecule has 6 nitrogen and oxygen atoms in total. The van der Waals surface area contributed by atoms with Gasteiger partial charge in [-0.15, -0.1) is 0 Å². The largest absolute Gasteiger partial charge is 0.438 e. The van der Waals surface area contributed by atoms with Crippen molar-refractivity contribution in [2.75, 3.05) is 11.1 Å². The van der Waals surface area contributed by atoms with Gasteiger partial charge in [0.1, 0.15) is 40.9 Å². The zero-order valence-electron chi connectivity index (χ0n) is 12.9. The molecule has 0 saturated carbocycles. The zero-order chi connectivity index (χ0) is 17.2. The molecule has 1 heterocycles. The van der Waals surface area contributed by atoms with Gasteiger partial charge in [0, 0.05) is 23.7 Å². The lowest BCUT2D eigenvalue weighted by atomic mass is 10.1. The molecule has 0 unspecified atom stereocenters. The lowest BCUT2D eigenvalue weighted by molar-refractivity contribution is 0.518. The first kappa shape index (κ1) is 16.6. The zero-order valence-corrected chi connectivity index (χ0v) is 12.9. The van der Waals surface area contributed by atoms with Gasteiger partial charge in [-0.05, 0) is 20.8 Å². The maximum atomic E-state index is 13.2. The number of nitrogens with zero attached hydrogens (tertiary/aromatic N) is 2.